The summed E-state index contributed by atoms with van der Waals surface area (Å²) in [6.45, 7) is 1.31. The average Bonchev–Trinajstić information content (AvgIpc) is 3.10. The number of aromatic nitrogens is 2. The van der Waals surface area contributed by atoms with Crippen LogP contribution in [0.1, 0.15) is 25.0 Å². The highest BCUT2D eigenvalue weighted by Gasteiger charge is 2.50. The first-order valence-electron chi connectivity index (χ1n) is 8.45. The van der Waals surface area contributed by atoms with Crippen LogP contribution in [0.3, 0.4) is 0 Å². The fourth-order valence-corrected chi connectivity index (χ4v) is 5.34. The van der Waals surface area contributed by atoms with E-state index in [1.165, 1.54) is 17.8 Å². The third-order valence-corrected chi connectivity index (χ3v) is 6.65. The number of para-hydroxylation sites is 1. The molecular formula is C17H20FN3O2S2. The van der Waals surface area contributed by atoms with Gasteiger partial charge in [0.15, 0.2) is 11.6 Å². The van der Waals surface area contributed by atoms with Crippen LogP contribution in [-0.2, 0) is 5.54 Å². The van der Waals surface area contributed by atoms with Crippen LogP contribution in [-0.4, -0.2) is 38.9 Å². The zero-order chi connectivity index (χ0) is 17.3. The van der Waals surface area contributed by atoms with Crippen LogP contribution in [0.15, 0.2) is 29.3 Å². The van der Waals surface area contributed by atoms with Crippen molar-refractivity contribution < 1.29 is 14.2 Å². The van der Waals surface area contributed by atoms with Gasteiger partial charge in [-0.25, -0.2) is 4.39 Å². The summed E-state index contributed by atoms with van der Waals surface area (Å²) in [5, 5.41) is 14.9. The molecule has 2 aromatic rings. The fourth-order valence-electron chi connectivity index (χ4n) is 3.71. The third kappa shape index (κ3) is 3.28. The Bertz CT molecular complexity index is 734. The highest BCUT2D eigenvalue weighted by atomic mass is 32.2. The van der Waals surface area contributed by atoms with Crippen LogP contribution >= 0.6 is 23.5 Å². The Labute approximate surface area is 154 Å². The molecular weight excluding hydrogens is 361 g/mol. The molecule has 2 bridgehead atoms. The number of aliphatic hydroxyl groups excluding tert-OH is 1. The van der Waals surface area contributed by atoms with Crippen LogP contribution in [0.25, 0.3) is 0 Å². The molecule has 3 heterocycles. The lowest BCUT2D eigenvalue weighted by Crippen LogP contribution is -2.61. The summed E-state index contributed by atoms with van der Waals surface area (Å²) in [5.74, 6) is 1.12. The number of piperidine rings is 2. The second-order valence-corrected chi connectivity index (χ2v) is 8.17. The maximum Gasteiger partial charge on any atom is 0.165 e. The molecule has 5 nitrogen and oxygen atoms in total. The van der Waals surface area contributed by atoms with Gasteiger partial charge in [0.1, 0.15) is 10.7 Å². The molecule has 1 aliphatic carbocycles. The summed E-state index contributed by atoms with van der Waals surface area (Å²) in [7, 11) is 0. The fraction of sp³-hybridized carbons (Fsp3) is 0.529. The monoisotopic (exact) mass is 381 g/mol. The molecule has 2 N–H and O–H groups in total. The quantitative estimate of drug-likeness (QED) is 0.592. The molecule has 2 saturated heterocycles. The first-order chi connectivity index (χ1) is 12.2. The van der Waals surface area contributed by atoms with Crippen molar-refractivity contribution in [1.82, 2.24) is 14.1 Å². The Morgan fingerprint density at radius 1 is 1.40 bits per heavy atom. The largest absolute Gasteiger partial charge is 0.490 e. The topological polar surface area (TPSA) is 67.3 Å². The van der Waals surface area contributed by atoms with E-state index in [9.17, 15) is 9.50 Å². The molecule has 3 fully saturated rings. The number of aliphatic hydroxyl groups is 1. The van der Waals surface area contributed by atoms with Gasteiger partial charge in [-0.3, -0.25) is 0 Å². The minimum atomic E-state index is -0.462. The number of benzene rings is 1. The lowest BCUT2D eigenvalue weighted by molar-refractivity contribution is -0.0398. The van der Waals surface area contributed by atoms with E-state index >= 15 is 0 Å². The molecule has 25 heavy (non-hydrogen) atoms. The molecule has 0 spiro atoms. The van der Waals surface area contributed by atoms with Gasteiger partial charge < -0.3 is 15.2 Å². The van der Waals surface area contributed by atoms with Crippen LogP contribution in [0, 0.1) is 11.7 Å². The Hall–Kier alpha value is -1.22. The Kier molecular flexibility index (Phi) is 4.95. The molecule has 2 aliphatic heterocycles. The third-order valence-electron chi connectivity index (χ3n) is 5.08. The lowest BCUT2D eigenvalue weighted by atomic mass is 9.68. The molecule has 0 radical (unpaired) electrons. The summed E-state index contributed by atoms with van der Waals surface area (Å²) in [4.78, 5) is 0. The number of fused-ring (bicyclic) bond motifs is 3. The second kappa shape index (κ2) is 7.19. The van der Waals surface area contributed by atoms with Gasteiger partial charge in [-0.15, -0.1) is 0 Å². The van der Waals surface area contributed by atoms with E-state index in [0.29, 0.717) is 18.3 Å². The van der Waals surface area contributed by atoms with Gasteiger partial charge in [-0.05, 0) is 43.9 Å². The van der Waals surface area contributed by atoms with E-state index in [2.05, 4.69) is 14.1 Å². The number of hydrogen-bond acceptors (Lipinski definition) is 7. The average molecular weight is 381 g/mol. The van der Waals surface area contributed by atoms with Gasteiger partial charge in [-0.2, -0.15) is 8.75 Å². The normalized spacial score (nSPS) is 28.2. The molecule has 1 aromatic carbocycles. The van der Waals surface area contributed by atoms with Crippen molar-refractivity contribution >= 4 is 23.5 Å². The molecule has 3 aliphatic rings. The number of nitrogens with zero attached hydrogens (tertiary/aromatic N) is 2. The lowest BCUT2D eigenvalue weighted by Gasteiger charge is -2.49. The van der Waals surface area contributed by atoms with Crippen molar-refractivity contribution in [2.45, 2.75) is 35.9 Å². The standard InChI is InChI=1S/C17H20FN3O2S2/c18-12-3-1-2-4-13(12)23-7-8-24-16-15(20-25-21-16)17-6-5-11(10-19-17)9-14(17)22/h1-4,11,14,19,22H,5-10H2. The van der Waals surface area contributed by atoms with E-state index in [1.807, 2.05) is 0 Å². The molecule has 8 heteroatoms. The summed E-state index contributed by atoms with van der Waals surface area (Å²) >= 11 is 2.72. The number of halogens is 1. The van der Waals surface area contributed by atoms with E-state index in [0.717, 1.165) is 36.5 Å². The van der Waals surface area contributed by atoms with E-state index in [1.54, 1.807) is 30.0 Å². The first kappa shape index (κ1) is 17.2. The Balaban J connectivity index is 1.40. The molecule has 134 valence electrons. The van der Waals surface area contributed by atoms with Crippen molar-refractivity contribution in [3.8, 4) is 5.75 Å². The van der Waals surface area contributed by atoms with Gasteiger partial charge in [0, 0.05) is 5.75 Å². The number of nitrogens with one attached hydrogen (secondary N) is 1. The van der Waals surface area contributed by atoms with Crippen molar-refractivity contribution in [3.05, 3.63) is 35.8 Å². The number of thioether (sulfide) groups is 1. The summed E-state index contributed by atoms with van der Waals surface area (Å²) in [6, 6.07) is 6.40. The van der Waals surface area contributed by atoms with Gasteiger partial charge in [0.25, 0.3) is 0 Å². The predicted molar refractivity (Wildman–Crippen MR) is 95.6 cm³/mol. The number of ether oxygens (including phenoxy) is 1. The van der Waals surface area contributed by atoms with E-state index in [4.69, 9.17) is 4.74 Å². The van der Waals surface area contributed by atoms with Crippen molar-refractivity contribution in [2.24, 2.45) is 5.92 Å². The Morgan fingerprint density at radius 3 is 3.04 bits per heavy atom. The molecule has 1 saturated carbocycles. The van der Waals surface area contributed by atoms with Gasteiger partial charge >= 0.3 is 0 Å². The molecule has 5 rings (SSSR count). The van der Waals surface area contributed by atoms with Crippen molar-refractivity contribution in [3.63, 3.8) is 0 Å². The zero-order valence-electron chi connectivity index (χ0n) is 13.7. The van der Waals surface area contributed by atoms with Crippen molar-refractivity contribution in [1.29, 1.82) is 0 Å². The highest BCUT2D eigenvalue weighted by Crippen LogP contribution is 2.45. The number of hydrogen-bond donors (Lipinski definition) is 2. The highest BCUT2D eigenvalue weighted by molar-refractivity contribution is 7.99. The predicted octanol–water partition coefficient (Wildman–Crippen LogP) is 2.81. The van der Waals surface area contributed by atoms with Gasteiger partial charge in [0.05, 0.1) is 30.0 Å². The molecule has 3 unspecified atom stereocenters. The summed E-state index contributed by atoms with van der Waals surface area (Å²) in [6.07, 6.45) is 2.41. The number of rotatable bonds is 6. The summed E-state index contributed by atoms with van der Waals surface area (Å²) in [5.41, 5.74) is 0.398. The smallest absolute Gasteiger partial charge is 0.165 e. The minimum absolute atomic E-state index is 0.265. The van der Waals surface area contributed by atoms with Crippen molar-refractivity contribution in [2.75, 3.05) is 18.9 Å². The SMILES string of the molecule is OC1CC2CCC1(c1nsnc1SCCOc1ccccc1F)NC2. The second-order valence-electron chi connectivity index (χ2n) is 6.55. The maximum absolute atomic E-state index is 13.6. The van der Waals surface area contributed by atoms with Crippen LogP contribution in [0.4, 0.5) is 4.39 Å². The Morgan fingerprint density at radius 2 is 2.28 bits per heavy atom. The maximum atomic E-state index is 13.6. The minimum Gasteiger partial charge on any atom is -0.490 e. The molecule has 1 aromatic heterocycles. The zero-order valence-corrected chi connectivity index (χ0v) is 15.3. The van der Waals surface area contributed by atoms with Crippen LogP contribution in [0.2, 0.25) is 0 Å². The summed E-state index contributed by atoms with van der Waals surface area (Å²) < 4.78 is 28.0. The van der Waals surface area contributed by atoms with Crippen LogP contribution in [0.5, 0.6) is 5.75 Å². The molecule has 0 amide bonds. The van der Waals surface area contributed by atoms with E-state index < -0.39 is 11.6 Å². The first-order valence-corrected chi connectivity index (χ1v) is 10.2. The van der Waals surface area contributed by atoms with E-state index in [-0.39, 0.29) is 11.6 Å². The molecule has 3 atom stereocenters. The van der Waals surface area contributed by atoms with Gasteiger partial charge in [-0.1, -0.05) is 23.9 Å². The van der Waals surface area contributed by atoms with Gasteiger partial charge in [0.2, 0.25) is 0 Å². The van der Waals surface area contributed by atoms with Crippen LogP contribution < -0.4 is 10.1 Å².